The first-order chi connectivity index (χ1) is 6.31. The Balaban J connectivity index is 3.03. The molecule has 0 fully saturated rings. The van der Waals surface area contributed by atoms with E-state index in [1.54, 1.807) is 0 Å². The highest BCUT2D eigenvalue weighted by atomic mass is 16.3. The third-order valence-electron chi connectivity index (χ3n) is 2.51. The number of rotatable bonds is 9. The van der Waals surface area contributed by atoms with Crippen LogP contribution in [0.2, 0.25) is 0 Å². The van der Waals surface area contributed by atoms with Crippen LogP contribution in [0, 0.1) is 0 Å². The Morgan fingerprint density at radius 3 is 1.92 bits per heavy atom. The largest absolute Gasteiger partial charge is 0.233 e. The van der Waals surface area contributed by atoms with Gasteiger partial charge < -0.3 is 0 Å². The zero-order valence-electron chi connectivity index (χ0n) is 9.35. The zero-order valence-corrected chi connectivity index (χ0v) is 9.35. The Kier molecular flexibility index (Phi) is 10.0. The van der Waals surface area contributed by atoms with E-state index >= 15 is 0 Å². The lowest BCUT2D eigenvalue weighted by Crippen LogP contribution is -2.03. The van der Waals surface area contributed by atoms with Gasteiger partial charge in [-0.1, -0.05) is 58.8 Å². The summed E-state index contributed by atoms with van der Waals surface area (Å²) >= 11 is 0. The molecule has 1 heteroatoms. The number of hydrogen-bond acceptors (Lipinski definition) is 0. The van der Waals surface area contributed by atoms with E-state index < -0.39 is 0 Å². The molecule has 1 nitrogen and oxygen atoms in total. The quantitative estimate of drug-likeness (QED) is 0.476. The van der Waals surface area contributed by atoms with E-state index in [1.165, 1.54) is 25.7 Å². The maximum Gasteiger partial charge on any atom is 0.0930 e. The highest BCUT2D eigenvalue weighted by molar-refractivity contribution is 4.55. The molecule has 0 aliphatic carbocycles. The van der Waals surface area contributed by atoms with Crippen molar-refractivity contribution in [2.45, 2.75) is 77.7 Å². The molecule has 13 heavy (non-hydrogen) atoms. The first-order valence-electron chi connectivity index (χ1n) is 5.97. The van der Waals surface area contributed by atoms with Gasteiger partial charge in [0, 0.05) is 0 Å². The van der Waals surface area contributed by atoms with Crippen molar-refractivity contribution in [3.8, 4) is 0 Å². The fourth-order valence-electron chi connectivity index (χ4n) is 1.55. The van der Waals surface area contributed by atoms with Crippen LogP contribution in [0.25, 0.3) is 0 Å². The maximum atomic E-state index is 11.3. The van der Waals surface area contributed by atoms with Crippen LogP contribution in [0.3, 0.4) is 0 Å². The molecule has 0 spiro atoms. The topological polar surface area (TPSA) is 19.9 Å². The summed E-state index contributed by atoms with van der Waals surface area (Å²) in [6.45, 7) is 4.37. The molecule has 0 aromatic heterocycles. The van der Waals surface area contributed by atoms with E-state index in [9.17, 15) is 5.11 Å². The number of hydrogen-bond donors (Lipinski definition) is 0. The predicted molar refractivity (Wildman–Crippen MR) is 57.4 cm³/mol. The molecule has 1 radical (unpaired) electrons. The average Bonchev–Trinajstić information content (AvgIpc) is 2.14. The minimum absolute atomic E-state index is 0.276. The molecule has 0 aromatic carbocycles. The molecule has 79 valence electrons. The van der Waals surface area contributed by atoms with Crippen molar-refractivity contribution in [3.63, 3.8) is 0 Å². The van der Waals surface area contributed by atoms with E-state index in [0.29, 0.717) is 0 Å². The van der Waals surface area contributed by atoms with E-state index in [0.717, 1.165) is 32.1 Å². The minimum atomic E-state index is -0.276. The van der Waals surface area contributed by atoms with Gasteiger partial charge in [0.1, 0.15) is 0 Å². The fraction of sp³-hybridized carbons (Fsp3) is 1.00. The second-order valence-electron chi connectivity index (χ2n) is 3.97. The van der Waals surface area contributed by atoms with Crippen molar-refractivity contribution in [3.05, 3.63) is 0 Å². The van der Waals surface area contributed by atoms with Crippen LogP contribution in [0.1, 0.15) is 71.6 Å². The van der Waals surface area contributed by atoms with Gasteiger partial charge in [0.25, 0.3) is 0 Å². The predicted octanol–water partition coefficient (Wildman–Crippen LogP) is 4.34. The summed E-state index contributed by atoms with van der Waals surface area (Å²) in [5.41, 5.74) is 0. The second kappa shape index (κ2) is 10.0. The van der Waals surface area contributed by atoms with Gasteiger partial charge in [-0.05, 0) is 12.8 Å². The Labute approximate surface area is 83.5 Å². The summed E-state index contributed by atoms with van der Waals surface area (Å²) in [5.74, 6) is 0. The van der Waals surface area contributed by atoms with Gasteiger partial charge in [-0.25, -0.2) is 5.11 Å². The molecule has 0 amide bonds. The van der Waals surface area contributed by atoms with Crippen molar-refractivity contribution in [2.75, 3.05) is 0 Å². The lowest BCUT2D eigenvalue weighted by molar-refractivity contribution is 0.0693. The van der Waals surface area contributed by atoms with Crippen LogP contribution in [0.15, 0.2) is 0 Å². The molecular weight excluding hydrogens is 160 g/mol. The lowest BCUT2D eigenvalue weighted by Gasteiger charge is -2.06. The van der Waals surface area contributed by atoms with Crippen molar-refractivity contribution in [2.24, 2.45) is 0 Å². The van der Waals surface area contributed by atoms with Crippen LogP contribution in [0.4, 0.5) is 0 Å². The summed E-state index contributed by atoms with van der Waals surface area (Å²) in [4.78, 5) is 0. The lowest BCUT2D eigenvalue weighted by atomic mass is 10.0. The molecule has 0 rings (SSSR count). The second-order valence-corrected chi connectivity index (χ2v) is 3.97. The third-order valence-corrected chi connectivity index (χ3v) is 2.51. The van der Waals surface area contributed by atoms with Crippen molar-refractivity contribution >= 4 is 0 Å². The molecule has 0 aliphatic rings. The Morgan fingerprint density at radius 1 is 0.769 bits per heavy atom. The van der Waals surface area contributed by atoms with Gasteiger partial charge in [-0.2, -0.15) is 0 Å². The SMILES string of the molecule is CCCCCCCC([O])CCCC. The van der Waals surface area contributed by atoms with Gasteiger partial charge in [-0.3, -0.25) is 0 Å². The van der Waals surface area contributed by atoms with Gasteiger partial charge in [0.05, 0.1) is 6.10 Å². The van der Waals surface area contributed by atoms with Gasteiger partial charge in [0.2, 0.25) is 0 Å². The molecule has 1 unspecified atom stereocenters. The van der Waals surface area contributed by atoms with Crippen molar-refractivity contribution < 1.29 is 5.11 Å². The first-order valence-corrected chi connectivity index (χ1v) is 5.97. The van der Waals surface area contributed by atoms with Crippen LogP contribution in [-0.4, -0.2) is 6.10 Å². The summed E-state index contributed by atoms with van der Waals surface area (Å²) in [6, 6.07) is 0. The molecule has 0 N–H and O–H groups in total. The van der Waals surface area contributed by atoms with Crippen LogP contribution >= 0.6 is 0 Å². The Hall–Kier alpha value is -0.0400. The molecule has 0 heterocycles. The molecule has 0 saturated carbocycles. The number of unbranched alkanes of at least 4 members (excludes halogenated alkanes) is 5. The normalized spacial score (nSPS) is 13.2. The molecule has 0 aromatic rings. The molecular formula is C12H25O. The highest BCUT2D eigenvalue weighted by Gasteiger charge is 2.04. The first kappa shape index (κ1) is 13.0. The molecule has 1 atom stereocenters. The van der Waals surface area contributed by atoms with Gasteiger partial charge >= 0.3 is 0 Å². The van der Waals surface area contributed by atoms with Crippen LogP contribution in [-0.2, 0) is 5.11 Å². The summed E-state index contributed by atoms with van der Waals surface area (Å²) < 4.78 is 0. The maximum absolute atomic E-state index is 11.3. The summed E-state index contributed by atoms with van der Waals surface area (Å²) in [6.07, 6.45) is 10.1. The molecule has 0 saturated heterocycles. The summed E-state index contributed by atoms with van der Waals surface area (Å²) in [7, 11) is 0. The molecule has 0 bridgehead atoms. The van der Waals surface area contributed by atoms with Crippen LogP contribution in [0.5, 0.6) is 0 Å². The van der Waals surface area contributed by atoms with E-state index in [2.05, 4.69) is 13.8 Å². The van der Waals surface area contributed by atoms with Crippen LogP contribution < -0.4 is 0 Å². The Bertz CT molecular complexity index is 91.1. The van der Waals surface area contributed by atoms with Crippen molar-refractivity contribution in [1.29, 1.82) is 0 Å². The smallest absolute Gasteiger partial charge is 0.0930 e. The van der Waals surface area contributed by atoms with E-state index in [-0.39, 0.29) is 6.10 Å². The Morgan fingerprint density at radius 2 is 1.31 bits per heavy atom. The fourth-order valence-corrected chi connectivity index (χ4v) is 1.55. The van der Waals surface area contributed by atoms with Gasteiger partial charge in [0.15, 0.2) is 0 Å². The average molecular weight is 185 g/mol. The van der Waals surface area contributed by atoms with E-state index in [1.807, 2.05) is 0 Å². The zero-order chi connectivity index (χ0) is 9.94. The highest BCUT2D eigenvalue weighted by Crippen LogP contribution is 2.11. The van der Waals surface area contributed by atoms with Crippen molar-refractivity contribution in [1.82, 2.24) is 0 Å². The monoisotopic (exact) mass is 185 g/mol. The third kappa shape index (κ3) is 9.88. The standard InChI is InChI=1S/C12H25O/c1-3-5-7-8-9-11-12(13)10-6-4-2/h12H,3-11H2,1-2H3. The minimum Gasteiger partial charge on any atom is -0.233 e. The van der Waals surface area contributed by atoms with E-state index in [4.69, 9.17) is 0 Å². The summed E-state index contributed by atoms with van der Waals surface area (Å²) in [5, 5.41) is 11.3. The van der Waals surface area contributed by atoms with Gasteiger partial charge in [-0.15, -0.1) is 0 Å². The molecule has 0 aliphatic heterocycles.